The van der Waals surface area contributed by atoms with Crippen LogP contribution in [-0.2, 0) is 4.79 Å². The number of hydrogen-bond donors (Lipinski definition) is 2. The lowest BCUT2D eigenvalue weighted by Gasteiger charge is -2.04. The summed E-state index contributed by atoms with van der Waals surface area (Å²) >= 11 is 1.08. The number of rotatable bonds is 4. The van der Waals surface area contributed by atoms with E-state index in [-0.39, 0.29) is 29.2 Å². The molecule has 0 fully saturated rings. The SMILES string of the molecule is Cc1sc(NC(=O)CC(C)N)nc1-c1c(F)cc(F)cc1F. The monoisotopic (exact) mass is 329 g/mol. The molecule has 2 rings (SSSR count). The van der Waals surface area contributed by atoms with E-state index in [0.29, 0.717) is 17.0 Å². The van der Waals surface area contributed by atoms with E-state index in [1.54, 1.807) is 13.8 Å². The fourth-order valence-corrected chi connectivity index (χ4v) is 2.75. The van der Waals surface area contributed by atoms with Crippen molar-refractivity contribution in [1.82, 2.24) is 4.98 Å². The molecular weight excluding hydrogens is 315 g/mol. The molecule has 1 heterocycles. The number of nitrogens with zero attached hydrogens (tertiary/aromatic N) is 1. The predicted octanol–water partition coefficient (Wildman–Crippen LogP) is 3.21. The Morgan fingerprint density at radius 3 is 2.50 bits per heavy atom. The van der Waals surface area contributed by atoms with Gasteiger partial charge in [0.15, 0.2) is 5.13 Å². The van der Waals surface area contributed by atoms with Crippen LogP contribution in [-0.4, -0.2) is 16.9 Å². The van der Waals surface area contributed by atoms with Crippen LogP contribution >= 0.6 is 11.3 Å². The zero-order valence-corrected chi connectivity index (χ0v) is 12.7. The van der Waals surface area contributed by atoms with Gasteiger partial charge < -0.3 is 11.1 Å². The third-order valence-electron chi connectivity index (χ3n) is 2.79. The van der Waals surface area contributed by atoms with Crippen LogP contribution in [0.3, 0.4) is 0 Å². The van der Waals surface area contributed by atoms with Gasteiger partial charge in [0.2, 0.25) is 5.91 Å². The van der Waals surface area contributed by atoms with Gasteiger partial charge in [0.05, 0.1) is 11.3 Å². The molecule has 1 unspecified atom stereocenters. The molecule has 22 heavy (non-hydrogen) atoms. The highest BCUT2D eigenvalue weighted by atomic mass is 32.1. The molecule has 0 saturated heterocycles. The summed E-state index contributed by atoms with van der Waals surface area (Å²) in [6.07, 6.45) is 0.104. The van der Waals surface area contributed by atoms with E-state index in [9.17, 15) is 18.0 Å². The van der Waals surface area contributed by atoms with Crippen molar-refractivity contribution >= 4 is 22.4 Å². The van der Waals surface area contributed by atoms with E-state index < -0.39 is 23.0 Å². The summed E-state index contributed by atoms with van der Waals surface area (Å²) in [5.41, 5.74) is 5.14. The van der Waals surface area contributed by atoms with Gasteiger partial charge in [-0.25, -0.2) is 18.2 Å². The van der Waals surface area contributed by atoms with E-state index in [4.69, 9.17) is 5.73 Å². The molecule has 3 N–H and O–H groups in total. The highest BCUT2D eigenvalue weighted by Crippen LogP contribution is 2.34. The van der Waals surface area contributed by atoms with E-state index in [1.807, 2.05) is 0 Å². The van der Waals surface area contributed by atoms with Crippen LogP contribution in [0.4, 0.5) is 18.3 Å². The quantitative estimate of drug-likeness (QED) is 0.905. The largest absolute Gasteiger partial charge is 0.327 e. The molecule has 118 valence electrons. The molecule has 1 atom stereocenters. The van der Waals surface area contributed by atoms with Gasteiger partial charge in [0.1, 0.15) is 17.5 Å². The van der Waals surface area contributed by atoms with E-state index >= 15 is 0 Å². The topological polar surface area (TPSA) is 68.0 Å². The van der Waals surface area contributed by atoms with Gasteiger partial charge in [-0.05, 0) is 13.8 Å². The second kappa shape index (κ2) is 6.45. The minimum atomic E-state index is -1.04. The van der Waals surface area contributed by atoms with Gasteiger partial charge in [0.25, 0.3) is 0 Å². The number of benzene rings is 1. The maximum atomic E-state index is 13.8. The number of anilines is 1. The zero-order chi connectivity index (χ0) is 16.4. The van der Waals surface area contributed by atoms with E-state index in [2.05, 4.69) is 10.3 Å². The molecular formula is C14H14F3N3OS. The smallest absolute Gasteiger partial charge is 0.227 e. The summed E-state index contributed by atoms with van der Waals surface area (Å²) in [6.45, 7) is 3.29. The lowest BCUT2D eigenvalue weighted by molar-refractivity contribution is -0.116. The van der Waals surface area contributed by atoms with Gasteiger partial charge in [-0.15, -0.1) is 11.3 Å². The summed E-state index contributed by atoms with van der Waals surface area (Å²) in [5, 5.41) is 2.73. The maximum Gasteiger partial charge on any atom is 0.227 e. The molecule has 8 heteroatoms. The molecule has 0 aliphatic carbocycles. The number of aromatic nitrogens is 1. The summed E-state index contributed by atoms with van der Waals surface area (Å²) in [4.78, 5) is 16.2. The first kappa shape index (κ1) is 16.4. The van der Waals surface area contributed by atoms with Gasteiger partial charge in [-0.3, -0.25) is 4.79 Å². The first-order chi connectivity index (χ1) is 10.3. The minimum absolute atomic E-state index is 0.0381. The van der Waals surface area contributed by atoms with Gasteiger partial charge >= 0.3 is 0 Å². The van der Waals surface area contributed by atoms with Crippen molar-refractivity contribution in [3.8, 4) is 11.3 Å². The number of hydrogen-bond acceptors (Lipinski definition) is 4. The second-order valence-corrected chi connectivity index (χ2v) is 6.10. The normalized spacial score (nSPS) is 12.3. The van der Waals surface area contributed by atoms with Crippen molar-refractivity contribution in [2.75, 3.05) is 5.32 Å². The Balaban J connectivity index is 2.33. The Hall–Kier alpha value is -1.93. The molecule has 2 aromatic rings. The van der Waals surface area contributed by atoms with Crippen LogP contribution in [0, 0.1) is 24.4 Å². The molecule has 4 nitrogen and oxygen atoms in total. The third kappa shape index (κ3) is 3.63. The van der Waals surface area contributed by atoms with Crippen molar-refractivity contribution in [2.45, 2.75) is 26.3 Å². The number of aryl methyl sites for hydroxylation is 1. The Labute approximate surface area is 129 Å². The number of carbonyl (C=O) groups excluding carboxylic acids is 1. The third-order valence-corrected chi connectivity index (χ3v) is 3.68. The average molecular weight is 329 g/mol. The molecule has 1 amide bonds. The number of carbonyl (C=O) groups is 1. The number of thiazole rings is 1. The standard InChI is InChI=1S/C14H14F3N3OS/c1-6(18)3-11(21)19-14-20-13(7(2)22-14)12-9(16)4-8(15)5-10(12)17/h4-6H,3,18H2,1-2H3,(H,19,20,21). The van der Waals surface area contributed by atoms with Crippen molar-refractivity contribution in [3.63, 3.8) is 0 Å². The fraction of sp³-hybridized carbons (Fsp3) is 0.286. The van der Waals surface area contributed by atoms with Gasteiger partial charge in [0, 0.05) is 29.5 Å². The van der Waals surface area contributed by atoms with Crippen LogP contribution < -0.4 is 11.1 Å². The second-order valence-electron chi connectivity index (χ2n) is 4.90. The van der Waals surface area contributed by atoms with Crippen molar-refractivity contribution in [2.24, 2.45) is 5.73 Å². The number of nitrogens with two attached hydrogens (primary N) is 1. The first-order valence-electron chi connectivity index (χ1n) is 6.45. The Morgan fingerprint density at radius 2 is 1.95 bits per heavy atom. The van der Waals surface area contributed by atoms with E-state index in [0.717, 1.165) is 11.3 Å². The van der Waals surface area contributed by atoms with Gasteiger partial charge in [-0.2, -0.15) is 0 Å². The number of amides is 1. The van der Waals surface area contributed by atoms with Crippen LogP contribution in [0.5, 0.6) is 0 Å². The van der Waals surface area contributed by atoms with Crippen molar-refractivity contribution < 1.29 is 18.0 Å². The van der Waals surface area contributed by atoms with Crippen LogP contribution in [0.25, 0.3) is 11.3 Å². The molecule has 0 spiro atoms. The molecule has 0 aliphatic heterocycles. The van der Waals surface area contributed by atoms with Gasteiger partial charge in [-0.1, -0.05) is 0 Å². The molecule has 0 radical (unpaired) electrons. The zero-order valence-electron chi connectivity index (χ0n) is 11.9. The van der Waals surface area contributed by atoms with Crippen LogP contribution in [0.1, 0.15) is 18.2 Å². The summed E-state index contributed by atoms with van der Waals surface area (Å²) < 4.78 is 40.6. The fourth-order valence-electron chi connectivity index (χ4n) is 1.91. The summed E-state index contributed by atoms with van der Waals surface area (Å²) in [7, 11) is 0. The maximum absolute atomic E-state index is 13.8. The van der Waals surface area contributed by atoms with Crippen LogP contribution in [0.2, 0.25) is 0 Å². The number of nitrogens with one attached hydrogen (secondary N) is 1. The first-order valence-corrected chi connectivity index (χ1v) is 7.27. The molecule has 1 aromatic heterocycles. The highest BCUT2D eigenvalue weighted by Gasteiger charge is 2.20. The van der Waals surface area contributed by atoms with E-state index in [1.165, 1.54) is 0 Å². The molecule has 0 bridgehead atoms. The molecule has 0 saturated carbocycles. The average Bonchev–Trinajstić information content (AvgIpc) is 2.67. The Kier molecular flexibility index (Phi) is 4.82. The van der Waals surface area contributed by atoms with Crippen molar-refractivity contribution in [1.29, 1.82) is 0 Å². The molecule has 1 aromatic carbocycles. The minimum Gasteiger partial charge on any atom is -0.327 e. The Bertz CT molecular complexity index is 692. The highest BCUT2D eigenvalue weighted by molar-refractivity contribution is 7.16. The number of halogens is 3. The predicted molar refractivity (Wildman–Crippen MR) is 79.1 cm³/mol. The van der Waals surface area contributed by atoms with Crippen molar-refractivity contribution in [3.05, 3.63) is 34.5 Å². The lowest BCUT2D eigenvalue weighted by Crippen LogP contribution is -2.23. The van der Waals surface area contributed by atoms with Crippen LogP contribution in [0.15, 0.2) is 12.1 Å². The summed E-state index contributed by atoms with van der Waals surface area (Å²) in [6, 6.07) is 0.865. The summed E-state index contributed by atoms with van der Waals surface area (Å²) in [5.74, 6) is -3.42. The molecule has 0 aliphatic rings. The lowest BCUT2D eigenvalue weighted by atomic mass is 10.1. The Morgan fingerprint density at radius 1 is 1.36 bits per heavy atom.